The van der Waals surface area contributed by atoms with E-state index in [1.54, 1.807) is 24.3 Å². The maximum Gasteiger partial charge on any atom is 0.523 e. The third-order valence-electron chi connectivity index (χ3n) is 4.74. The van der Waals surface area contributed by atoms with Gasteiger partial charge in [-0.25, -0.2) is 0 Å². The SMILES string of the molecule is FCCCC=C[C@H]1CC[C@H](C2(OC(F)(F)F)C=CC=CC2)CC1. The molecule has 2 aliphatic carbocycles. The van der Waals surface area contributed by atoms with Crippen molar-refractivity contribution >= 4 is 0 Å². The molecular formula is C18H24F4O. The quantitative estimate of drug-likeness (QED) is 0.335. The molecular weight excluding hydrogens is 308 g/mol. The Balaban J connectivity index is 1.94. The number of ether oxygens (including phenoxy) is 1. The van der Waals surface area contributed by atoms with E-state index in [0.29, 0.717) is 25.2 Å². The molecule has 1 fully saturated rings. The van der Waals surface area contributed by atoms with E-state index in [1.165, 1.54) is 0 Å². The highest BCUT2D eigenvalue weighted by Gasteiger charge is 2.47. The van der Waals surface area contributed by atoms with Gasteiger partial charge in [-0.05, 0) is 56.8 Å². The van der Waals surface area contributed by atoms with Crippen molar-refractivity contribution in [2.45, 2.75) is 56.9 Å². The minimum Gasteiger partial charge on any atom is -0.280 e. The second-order valence-corrected chi connectivity index (χ2v) is 6.37. The first kappa shape index (κ1) is 18.2. The highest BCUT2D eigenvalue weighted by molar-refractivity contribution is 5.20. The minimum atomic E-state index is -4.63. The molecule has 0 radical (unpaired) electrons. The maximum absolute atomic E-state index is 12.8. The van der Waals surface area contributed by atoms with Crippen LogP contribution in [0.4, 0.5) is 17.6 Å². The van der Waals surface area contributed by atoms with Gasteiger partial charge in [0, 0.05) is 0 Å². The molecule has 0 aromatic rings. The first-order valence-corrected chi connectivity index (χ1v) is 8.29. The van der Waals surface area contributed by atoms with Crippen molar-refractivity contribution in [2.75, 3.05) is 6.67 Å². The molecule has 1 atom stereocenters. The number of allylic oxidation sites excluding steroid dienone is 4. The lowest BCUT2D eigenvalue weighted by atomic mass is 9.71. The Labute approximate surface area is 135 Å². The summed E-state index contributed by atoms with van der Waals surface area (Å²) in [6.45, 7) is -0.311. The van der Waals surface area contributed by atoms with E-state index in [2.05, 4.69) is 10.8 Å². The third kappa shape index (κ3) is 5.48. The fraction of sp³-hybridized carbons (Fsp3) is 0.667. The molecule has 1 unspecified atom stereocenters. The summed E-state index contributed by atoms with van der Waals surface area (Å²) in [5.74, 6) is 0.262. The standard InChI is InChI=1S/C18H24F4O/c19-14-6-1-3-7-15-8-10-16(11-9-15)17(23-18(20,21)22)12-4-2-5-13-17/h2-5,7,12,15-16H,1,6,8-11,13-14H2/t15-,16-,17?. The van der Waals surface area contributed by atoms with Crippen molar-refractivity contribution in [1.29, 1.82) is 0 Å². The predicted octanol–water partition coefficient (Wildman–Crippen LogP) is 5.89. The predicted molar refractivity (Wildman–Crippen MR) is 82.6 cm³/mol. The van der Waals surface area contributed by atoms with Crippen molar-refractivity contribution in [3.8, 4) is 0 Å². The molecule has 1 saturated carbocycles. The van der Waals surface area contributed by atoms with Gasteiger partial charge in [-0.3, -0.25) is 9.13 Å². The Morgan fingerprint density at radius 1 is 1.13 bits per heavy atom. The van der Waals surface area contributed by atoms with E-state index in [0.717, 1.165) is 19.3 Å². The number of hydrogen-bond acceptors (Lipinski definition) is 1. The molecule has 130 valence electrons. The molecule has 2 aliphatic rings. The summed E-state index contributed by atoms with van der Waals surface area (Å²) >= 11 is 0. The molecule has 0 aromatic heterocycles. The lowest BCUT2D eigenvalue weighted by molar-refractivity contribution is -0.366. The monoisotopic (exact) mass is 332 g/mol. The van der Waals surface area contributed by atoms with Crippen molar-refractivity contribution in [2.24, 2.45) is 11.8 Å². The number of unbranched alkanes of at least 4 members (excludes halogenated alkanes) is 1. The van der Waals surface area contributed by atoms with E-state index in [4.69, 9.17) is 0 Å². The number of rotatable bonds is 6. The molecule has 2 rings (SSSR count). The van der Waals surface area contributed by atoms with Crippen LogP contribution in [0.25, 0.3) is 0 Å². The summed E-state index contributed by atoms with van der Waals surface area (Å²) < 4.78 is 55.1. The van der Waals surface area contributed by atoms with E-state index in [9.17, 15) is 17.6 Å². The molecule has 23 heavy (non-hydrogen) atoms. The maximum atomic E-state index is 12.8. The smallest absolute Gasteiger partial charge is 0.280 e. The van der Waals surface area contributed by atoms with Gasteiger partial charge in [0.05, 0.1) is 6.67 Å². The zero-order chi connectivity index (χ0) is 16.8. The molecule has 1 nitrogen and oxygen atoms in total. The van der Waals surface area contributed by atoms with Gasteiger partial charge in [0.1, 0.15) is 5.60 Å². The second-order valence-electron chi connectivity index (χ2n) is 6.37. The minimum absolute atomic E-state index is 0.124. The van der Waals surface area contributed by atoms with Crippen LogP contribution in [0.5, 0.6) is 0 Å². The summed E-state index contributed by atoms with van der Waals surface area (Å²) in [5.41, 5.74) is -1.25. The fourth-order valence-electron chi connectivity index (χ4n) is 3.58. The normalized spacial score (nSPS) is 31.8. The van der Waals surface area contributed by atoms with Gasteiger partial charge < -0.3 is 0 Å². The zero-order valence-corrected chi connectivity index (χ0v) is 13.2. The van der Waals surface area contributed by atoms with Crippen LogP contribution < -0.4 is 0 Å². The third-order valence-corrected chi connectivity index (χ3v) is 4.74. The van der Waals surface area contributed by atoms with Crippen molar-refractivity contribution in [3.05, 3.63) is 36.5 Å². The Morgan fingerprint density at radius 2 is 1.87 bits per heavy atom. The Morgan fingerprint density at radius 3 is 2.43 bits per heavy atom. The van der Waals surface area contributed by atoms with Gasteiger partial charge in [-0.1, -0.05) is 36.5 Å². The van der Waals surface area contributed by atoms with Crippen LogP contribution in [0.3, 0.4) is 0 Å². The van der Waals surface area contributed by atoms with Gasteiger partial charge >= 0.3 is 6.36 Å². The van der Waals surface area contributed by atoms with Crippen LogP contribution in [0, 0.1) is 11.8 Å². The Bertz CT molecular complexity index is 444. The van der Waals surface area contributed by atoms with Crippen LogP contribution in [-0.4, -0.2) is 18.6 Å². The van der Waals surface area contributed by atoms with E-state index < -0.39 is 12.0 Å². The second kappa shape index (κ2) is 8.13. The highest BCUT2D eigenvalue weighted by atomic mass is 19.4. The molecule has 0 N–H and O–H groups in total. The Kier molecular flexibility index (Phi) is 6.45. The van der Waals surface area contributed by atoms with Crippen molar-refractivity contribution < 1.29 is 22.3 Å². The van der Waals surface area contributed by atoms with Gasteiger partial charge in [0.25, 0.3) is 0 Å². The topological polar surface area (TPSA) is 9.23 Å². The van der Waals surface area contributed by atoms with Gasteiger partial charge in [0.2, 0.25) is 0 Å². The van der Waals surface area contributed by atoms with Crippen LogP contribution in [0.1, 0.15) is 44.9 Å². The fourth-order valence-corrected chi connectivity index (χ4v) is 3.58. The zero-order valence-electron chi connectivity index (χ0n) is 13.2. The van der Waals surface area contributed by atoms with Gasteiger partial charge in [-0.15, -0.1) is 13.2 Å². The average Bonchev–Trinajstić information content (AvgIpc) is 2.51. The largest absolute Gasteiger partial charge is 0.523 e. The number of halogens is 4. The van der Waals surface area contributed by atoms with Gasteiger partial charge in [-0.2, -0.15) is 0 Å². The summed E-state index contributed by atoms with van der Waals surface area (Å²) in [4.78, 5) is 0. The highest BCUT2D eigenvalue weighted by Crippen LogP contribution is 2.44. The Hall–Kier alpha value is -1.10. The van der Waals surface area contributed by atoms with Gasteiger partial charge in [0.15, 0.2) is 0 Å². The van der Waals surface area contributed by atoms with E-state index in [-0.39, 0.29) is 19.0 Å². The summed E-state index contributed by atoms with van der Waals surface area (Å²) in [6.07, 6.45) is 10.9. The molecule has 0 aliphatic heterocycles. The van der Waals surface area contributed by atoms with Crippen molar-refractivity contribution in [1.82, 2.24) is 0 Å². The van der Waals surface area contributed by atoms with E-state index >= 15 is 0 Å². The summed E-state index contributed by atoms with van der Waals surface area (Å²) in [6, 6.07) is 0. The summed E-state index contributed by atoms with van der Waals surface area (Å²) in [5, 5.41) is 0. The lowest BCUT2D eigenvalue weighted by Crippen LogP contribution is -2.45. The average molecular weight is 332 g/mol. The molecule has 5 heteroatoms. The van der Waals surface area contributed by atoms with E-state index in [1.807, 2.05) is 6.08 Å². The molecule has 0 aromatic carbocycles. The first-order valence-electron chi connectivity index (χ1n) is 8.29. The van der Waals surface area contributed by atoms with Crippen LogP contribution in [0.15, 0.2) is 36.5 Å². The molecule has 0 spiro atoms. The lowest BCUT2D eigenvalue weighted by Gasteiger charge is -2.42. The molecule has 0 saturated heterocycles. The van der Waals surface area contributed by atoms with Crippen LogP contribution in [-0.2, 0) is 4.74 Å². The number of alkyl halides is 4. The molecule has 0 amide bonds. The number of hydrogen-bond donors (Lipinski definition) is 0. The molecule has 0 heterocycles. The summed E-state index contributed by atoms with van der Waals surface area (Å²) in [7, 11) is 0. The van der Waals surface area contributed by atoms with Crippen LogP contribution >= 0.6 is 0 Å². The first-order chi connectivity index (χ1) is 11.0. The molecule has 0 bridgehead atoms. The van der Waals surface area contributed by atoms with Crippen LogP contribution in [0.2, 0.25) is 0 Å². The van der Waals surface area contributed by atoms with Crippen molar-refractivity contribution in [3.63, 3.8) is 0 Å².